The molecule has 0 fully saturated rings. The highest BCUT2D eigenvalue weighted by molar-refractivity contribution is 5.95. The van der Waals surface area contributed by atoms with E-state index in [1.165, 1.54) is 30.5 Å². The van der Waals surface area contributed by atoms with Crippen molar-refractivity contribution in [1.29, 1.82) is 0 Å². The lowest BCUT2D eigenvalue weighted by Gasteiger charge is -1.99. The lowest BCUT2D eigenvalue weighted by molar-refractivity contribution is -0.384. The number of non-ortho nitro benzene ring substituents is 1. The highest BCUT2D eigenvalue weighted by Crippen LogP contribution is 2.12. The zero-order valence-electron chi connectivity index (χ0n) is 14.7. The summed E-state index contributed by atoms with van der Waals surface area (Å²) in [6, 6.07) is 15.3. The van der Waals surface area contributed by atoms with Crippen LogP contribution in [0.15, 0.2) is 72.0 Å². The third-order valence-corrected chi connectivity index (χ3v) is 3.66. The number of nitro benzene ring substituents is 1. The van der Waals surface area contributed by atoms with Crippen molar-refractivity contribution in [3.05, 3.63) is 93.8 Å². The van der Waals surface area contributed by atoms with Crippen LogP contribution in [0.5, 0.6) is 0 Å². The molecular weight excluding hydrogens is 360 g/mol. The number of carbonyl (C=O) groups excluding carboxylic acids is 1. The monoisotopic (exact) mass is 376 g/mol. The Labute approximate surface area is 160 Å². The fourth-order valence-corrected chi connectivity index (χ4v) is 2.34. The highest BCUT2D eigenvalue weighted by Gasteiger charge is 2.10. The molecule has 0 radical (unpaired) electrons. The summed E-state index contributed by atoms with van der Waals surface area (Å²) in [6.07, 6.45) is 6.46. The van der Waals surface area contributed by atoms with Crippen molar-refractivity contribution in [2.45, 2.75) is 6.54 Å². The van der Waals surface area contributed by atoms with E-state index in [-0.39, 0.29) is 11.3 Å². The predicted octanol–water partition coefficient (Wildman–Crippen LogP) is 2.66. The number of nitro groups is 1. The van der Waals surface area contributed by atoms with Crippen LogP contribution in [0.4, 0.5) is 5.69 Å². The van der Waals surface area contributed by atoms with Gasteiger partial charge in [-0.1, -0.05) is 41.6 Å². The van der Waals surface area contributed by atoms with Crippen molar-refractivity contribution >= 4 is 23.9 Å². The van der Waals surface area contributed by atoms with E-state index in [1.54, 1.807) is 23.0 Å². The summed E-state index contributed by atoms with van der Waals surface area (Å²) in [7, 11) is 0. The van der Waals surface area contributed by atoms with Crippen LogP contribution in [0.1, 0.15) is 21.6 Å². The maximum Gasteiger partial charge on any atom is 0.271 e. The maximum absolute atomic E-state index is 11.9. The molecule has 0 atom stereocenters. The van der Waals surface area contributed by atoms with Gasteiger partial charge in [0.15, 0.2) is 0 Å². The lowest BCUT2D eigenvalue weighted by atomic mass is 10.2. The Morgan fingerprint density at radius 3 is 2.82 bits per heavy atom. The SMILES string of the molecule is O=C(N/N=C\C=C\c1cn(Cc2ccccc2)nn1)c1cccc([N+](=O)[O-])c1. The van der Waals surface area contributed by atoms with E-state index < -0.39 is 10.8 Å². The van der Waals surface area contributed by atoms with Crippen molar-refractivity contribution in [3.8, 4) is 0 Å². The third-order valence-electron chi connectivity index (χ3n) is 3.66. The van der Waals surface area contributed by atoms with E-state index in [1.807, 2.05) is 30.3 Å². The molecule has 0 unspecified atom stereocenters. The molecule has 140 valence electrons. The van der Waals surface area contributed by atoms with Crippen LogP contribution in [0.25, 0.3) is 6.08 Å². The zero-order chi connectivity index (χ0) is 19.8. The van der Waals surface area contributed by atoms with Crippen molar-refractivity contribution in [1.82, 2.24) is 20.4 Å². The summed E-state index contributed by atoms with van der Waals surface area (Å²) < 4.78 is 1.72. The van der Waals surface area contributed by atoms with E-state index in [9.17, 15) is 14.9 Å². The van der Waals surface area contributed by atoms with Gasteiger partial charge in [-0.05, 0) is 23.8 Å². The van der Waals surface area contributed by atoms with Crippen LogP contribution in [-0.2, 0) is 6.54 Å². The van der Waals surface area contributed by atoms with Gasteiger partial charge in [-0.2, -0.15) is 5.10 Å². The van der Waals surface area contributed by atoms with Crippen molar-refractivity contribution in [2.24, 2.45) is 5.10 Å². The average Bonchev–Trinajstić information content (AvgIpc) is 3.15. The number of allylic oxidation sites excluding steroid dienone is 1. The summed E-state index contributed by atoms with van der Waals surface area (Å²) in [4.78, 5) is 22.1. The molecule has 0 saturated heterocycles. The van der Waals surface area contributed by atoms with Gasteiger partial charge in [0.05, 0.1) is 17.7 Å². The molecule has 1 aromatic heterocycles. The standard InChI is InChI=1S/C19H16N6O3/c26-19(16-8-4-10-18(12-16)25(27)28)22-20-11-5-9-17-14-24(23-21-17)13-15-6-2-1-3-7-15/h1-12,14H,13H2,(H,22,26)/b9-5+,20-11-. The van der Waals surface area contributed by atoms with Crippen LogP contribution < -0.4 is 5.43 Å². The fraction of sp³-hybridized carbons (Fsp3) is 0.0526. The molecule has 2 aromatic carbocycles. The van der Waals surface area contributed by atoms with Crippen LogP contribution in [0.3, 0.4) is 0 Å². The molecule has 0 aliphatic carbocycles. The molecule has 9 heteroatoms. The van der Waals surface area contributed by atoms with Gasteiger partial charge < -0.3 is 0 Å². The summed E-state index contributed by atoms with van der Waals surface area (Å²) in [5.41, 5.74) is 4.06. The second-order valence-corrected chi connectivity index (χ2v) is 5.71. The van der Waals surface area contributed by atoms with Gasteiger partial charge in [-0.3, -0.25) is 14.9 Å². The molecule has 0 spiro atoms. The number of nitrogens with zero attached hydrogens (tertiary/aromatic N) is 5. The summed E-state index contributed by atoms with van der Waals surface area (Å²) in [5, 5.41) is 22.6. The number of hydrogen-bond acceptors (Lipinski definition) is 6. The molecular formula is C19H16N6O3. The topological polar surface area (TPSA) is 115 Å². The van der Waals surface area contributed by atoms with E-state index in [0.717, 1.165) is 5.56 Å². The first kappa shape index (κ1) is 18.6. The minimum absolute atomic E-state index is 0.152. The van der Waals surface area contributed by atoms with E-state index in [2.05, 4.69) is 20.8 Å². The molecule has 0 saturated carbocycles. The van der Waals surface area contributed by atoms with Gasteiger partial charge >= 0.3 is 0 Å². The van der Waals surface area contributed by atoms with Crippen LogP contribution in [0.2, 0.25) is 0 Å². The van der Waals surface area contributed by atoms with Crippen LogP contribution in [-0.4, -0.2) is 32.0 Å². The smallest absolute Gasteiger partial charge is 0.267 e. The Morgan fingerprint density at radius 2 is 2.04 bits per heavy atom. The van der Waals surface area contributed by atoms with Crippen molar-refractivity contribution < 1.29 is 9.72 Å². The first-order valence-corrected chi connectivity index (χ1v) is 8.30. The first-order valence-electron chi connectivity index (χ1n) is 8.30. The maximum atomic E-state index is 11.9. The largest absolute Gasteiger partial charge is 0.271 e. The highest BCUT2D eigenvalue weighted by atomic mass is 16.6. The van der Waals surface area contributed by atoms with E-state index in [4.69, 9.17) is 0 Å². The molecule has 1 N–H and O–H groups in total. The summed E-state index contributed by atoms with van der Waals surface area (Å²) in [6.45, 7) is 0.620. The molecule has 3 aromatic rings. The van der Waals surface area contributed by atoms with Gasteiger partial charge in [-0.25, -0.2) is 10.1 Å². The second-order valence-electron chi connectivity index (χ2n) is 5.71. The normalized spacial score (nSPS) is 11.1. The Bertz CT molecular complexity index is 1030. The number of amides is 1. The third kappa shape index (κ3) is 5.18. The summed E-state index contributed by atoms with van der Waals surface area (Å²) >= 11 is 0. The molecule has 9 nitrogen and oxygen atoms in total. The number of rotatable bonds is 7. The Hall–Kier alpha value is -4.14. The molecule has 0 aliphatic rings. The van der Waals surface area contributed by atoms with Crippen molar-refractivity contribution in [3.63, 3.8) is 0 Å². The zero-order valence-corrected chi connectivity index (χ0v) is 14.7. The number of hydrazone groups is 1. The van der Waals surface area contributed by atoms with Gasteiger partial charge in [-0.15, -0.1) is 5.10 Å². The predicted molar refractivity (Wildman–Crippen MR) is 104 cm³/mol. The van der Waals surface area contributed by atoms with E-state index >= 15 is 0 Å². The first-order chi connectivity index (χ1) is 13.6. The molecule has 0 aliphatic heterocycles. The van der Waals surface area contributed by atoms with Gasteiger partial charge in [0.1, 0.15) is 5.69 Å². The number of aromatic nitrogens is 3. The molecule has 0 bridgehead atoms. The minimum atomic E-state index is -0.562. The van der Waals surface area contributed by atoms with Gasteiger partial charge in [0.25, 0.3) is 11.6 Å². The summed E-state index contributed by atoms with van der Waals surface area (Å²) in [5.74, 6) is -0.540. The minimum Gasteiger partial charge on any atom is -0.267 e. The van der Waals surface area contributed by atoms with E-state index in [0.29, 0.717) is 12.2 Å². The second kappa shape index (κ2) is 8.99. The average molecular weight is 376 g/mol. The number of benzene rings is 2. The quantitative estimate of drug-likeness (QED) is 0.387. The van der Waals surface area contributed by atoms with Gasteiger partial charge in [0.2, 0.25) is 0 Å². The number of nitrogens with one attached hydrogen (secondary N) is 1. The Kier molecular flexibility index (Phi) is 5.99. The Morgan fingerprint density at radius 1 is 1.21 bits per heavy atom. The molecule has 3 rings (SSSR count). The van der Waals surface area contributed by atoms with Crippen LogP contribution >= 0.6 is 0 Å². The fourth-order valence-electron chi connectivity index (χ4n) is 2.34. The number of carbonyl (C=O) groups is 1. The van der Waals surface area contributed by atoms with Crippen LogP contribution in [0, 0.1) is 10.1 Å². The Balaban J connectivity index is 1.52. The van der Waals surface area contributed by atoms with Gasteiger partial charge in [0, 0.05) is 23.9 Å². The molecule has 1 amide bonds. The lowest BCUT2D eigenvalue weighted by Crippen LogP contribution is -2.17. The molecule has 1 heterocycles. The number of hydrogen-bond donors (Lipinski definition) is 1. The van der Waals surface area contributed by atoms with Crippen molar-refractivity contribution in [2.75, 3.05) is 0 Å². The molecule has 28 heavy (non-hydrogen) atoms.